The quantitative estimate of drug-likeness (QED) is 0.766. The zero-order valence-electron chi connectivity index (χ0n) is 11.0. The van der Waals surface area contributed by atoms with Gasteiger partial charge in [-0.25, -0.2) is 9.18 Å². The fraction of sp³-hybridized carbons (Fsp3) is 0.357. The molecule has 3 N–H and O–H groups in total. The Morgan fingerprint density at radius 3 is 2.85 bits per heavy atom. The second-order valence-electron chi connectivity index (χ2n) is 4.50. The highest BCUT2D eigenvalue weighted by Gasteiger charge is 2.20. The molecule has 1 aromatic heterocycles. The Balaban J connectivity index is 2.43. The zero-order chi connectivity index (χ0) is 14.7. The zero-order valence-corrected chi connectivity index (χ0v) is 11.8. The van der Waals surface area contributed by atoms with Gasteiger partial charge >= 0.3 is 5.97 Å². The first kappa shape index (κ1) is 14.9. The van der Waals surface area contributed by atoms with Gasteiger partial charge in [-0.3, -0.25) is 0 Å². The molecule has 0 aliphatic rings. The minimum absolute atomic E-state index is 0.0382. The molecule has 0 bridgehead atoms. The minimum atomic E-state index is -1.06. The third kappa shape index (κ3) is 2.82. The van der Waals surface area contributed by atoms with Gasteiger partial charge in [-0.05, 0) is 18.6 Å². The molecule has 0 saturated heterocycles. The lowest BCUT2D eigenvalue weighted by molar-refractivity contribution is 0.0701. The summed E-state index contributed by atoms with van der Waals surface area (Å²) in [6.45, 7) is 2.10. The summed E-state index contributed by atoms with van der Waals surface area (Å²) in [7, 11) is 0. The summed E-state index contributed by atoms with van der Waals surface area (Å²) in [4.78, 5) is 11.4. The molecule has 0 spiro atoms. The van der Waals surface area contributed by atoms with E-state index in [1.807, 2.05) is 6.92 Å². The fourth-order valence-electron chi connectivity index (χ4n) is 2.09. The van der Waals surface area contributed by atoms with Crippen LogP contribution < -0.4 is 5.32 Å². The van der Waals surface area contributed by atoms with Crippen molar-refractivity contribution in [3.63, 3.8) is 0 Å². The maximum atomic E-state index is 13.9. The third-order valence-corrected chi connectivity index (χ3v) is 4.42. The first-order valence-electron chi connectivity index (χ1n) is 6.35. The van der Waals surface area contributed by atoms with Crippen LogP contribution in [0.1, 0.15) is 28.6 Å². The number of carboxylic acid groups (broad SMARTS) is 1. The first-order valence-corrected chi connectivity index (χ1v) is 7.17. The molecule has 6 heteroatoms. The molecule has 0 saturated carbocycles. The SMILES string of the molecule is CCC(CO)NCc1c(C(=O)O)sc2cccc(F)c12. The highest BCUT2D eigenvalue weighted by molar-refractivity contribution is 7.21. The lowest BCUT2D eigenvalue weighted by Gasteiger charge is -2.14. The topological polar surface area (TPSA) is 69.6 Å². The number of carboxylic acids is 1. The van der Waals surface area contributed by atoms with E-state index in [9.17, 15) is 14.3 Å². The number of aliphatic hydroxyl groups is 1. The molecule has 1 heterocycles. The molecule has 1 atom stereocenters. The Morgan fingerprint density at radius 2 is 2.25 bits per heavy atom. The smallest absolute Gasteiger partial charge is 0.346 e. The first-order chi connectivity index (χ1) is 9.58. The minimum Gasteiger partial charge on any atom is -0.477 e. The highest BCUT2D eigenvalue weighted by atomic mass is 32.1. The lowest BCUT2D eigenvalue weighted by Crippen LogP contribution is -2.31. The molecular formula is C14H16FNO3S. The van der Waals surface area contributed by atoms with Gasteiger partial charge in [0.15, 0.2) is 0 Å². The van der Waals surface area contributed by atoms with Crippen LogP contribution in [0.4, 0.5) is 4.39 Å². The molecule has 0 amide bonds. The van der Waals surface area contributed by atoms with Crippen LogP contribution in [-0.4, -0.2) is 28.8 Å². The summed E-state index contributed by atoms with van der Waals surface area (Å²) >= 11 is 1.07. The van der Waals surface area contributed by atoms with Gasteiger partial charge in [-0.2, -0.15) is 0 Å². The normalized spacial score (nSPS) is 12.8. The van der Waals surface area contributed by atoms with Crippen LogP contribution >= 0.6 is 11.3 Å². The Labute approximate surface area is 119 Å². The molecule has 0 fully saturated rings. The van der Waals surface area contributed by atoms with E-state index in [4.69, 9.17) is 5.11 Å². The van der Waals surface area contributed by atoms with Crippen LogP contribution in [0, 0.1) is 5.82 Å². The van der Waals surface area contributed by atoms with Crippen molar-refractivity contribution >= 4 is 27.4 Å². The van der Waals surface area contributed by atoms with Crippen LogP contribution in [0.25, 0.3) is 10.1 Å². The second kappa shape index (κ2) is 6.30. The average Bonchev–Trinajstić information content (AvgIpc) is 2.80. The van der Waals surface area contributed by atoms with Gasteiger partial charge in [-0.1, -0.05) is 13.0 Å². The largest absolute Gasteiger partial charge is 0.477 e. The Hall–Kier alpha value is -1.50. The van der Waals surface area contributed by atoms with Crippen molar-refractivity contribution in [2.24, 2.45) is 0 Å². The van der Waals surface area contributed by atoms with E-state index in [0.717, 1.165) is 11.3 Å². The van der Waals surface area contributed by atoms with Crippen LogP contribution in [0.3, 0.4) is 0 Å². The van der Waals surface area contributed by atoms with E-state index < -0.39 is 11.8 Å². The lowest BCUT2D eigenvalue weighted by atomic mass is 10.1. The molecule has 0 radical (unpaired) electrons. The van der Waals surface area contributed by atoms with Gasteiger partial charge in [0.2, 0.25) is 0 Å². The molecule has 1 aromatic carbocycles. The molecule has 2 aromatic rings. The van der Waals surface area contributed by atoms with E-state index in [-0.39, 0.29) is 24.1 Å². The number of hydrogen-bond acceptors (Lipinski definition) is 4. The number of benzene rings is 1. The van der Waals surface area contributed by atoms with E-state index >= 15 is 0 Å². The Bertz CT molecular complexity index is 622. The molecule has 108 valence electrons. The summed E-state index contributed by atoms with van der Waals surface area (Å²) in [6.07, 6.45) is 0.712. The molecular weight excluding hydrogens is 281 g/mol. The van der Waals surface area contributed by atoms with Crippen molar-refractivity contribution in [3.8, 4) is 0 Å². The number of rotatable bonds is 6. The van der Waals surface area contributed by atoms with Crippen LogP contribution in [0.2, 0.25) is 0 Å². The summed E-state index contributed by atoms with van der Waals surface area (Å²) < 4.78 is 14.6. The summed E-state index contributed by atoms with van der Waals surface area (Å²) in [6, 6.07) is 4.48. The van der Waals surface area contributed by atoms with Gasteiger partial charge in [0.05, 0.1) is 6.61 Å². The number of thiophene rings is 1. The monoisotopic (exact) mass is 297 g/mol. The number of hydrogen-bond donors (Lipinski definition) is 3. The fourth-order valence-corrected chi connectivity index (χ4v) is 3.17. The van der Waals surface area contributed by atoms with Crippen molar-refractivity contribution in [1.29, 1.82) is 0 Å². The predicted octanol–water partition coefficient (Wildman–Crippen LogP) is 2.60. The highest BCUT2D eigenvalue weighted by Crippen LogP contribution is 2.33. The van der Waals surface area contributed by atoms with Crippen LogP contribution in [0.15, 0.2) is 18.2 Å². The van der Waals surface area contributed by atoms with Gasteiger partial charge < -0.3 is 15.5 Å². The van der Waals surface area contributed by atoms with E-state index in [0.29, 0.717) is 22.1 Å². The number of fused-ring (bicyclic) bond motifs is 1. The van der Waals surface area contributed by atoms with Crippen molar-refractivity contribution < 1.29 is 19.4 Å². The van der Waals surface area contributed by atoms with Gasteiger partial charge in [0, 0.05) is 28.2 Å². The van der Waals surface area contributed by atoms with E-state index in [2.05, 4.69) is 5.32 Å². The molecule has 4 nitrogen and oxygen atoms in total. The maximum absolute atomic E-state index is 13.9. The Morgan fingerprint density at radius 1 is 1.50 bits per heavy atom. The number of aromatic carboxylic acids is 1. The van der Waals surface area contributed by atoms with Crippen molar-refractivity contribution in [1.82, 2.24) is 5.32 Å². The molecule has 0 aliphatic carbocycles. The van der Waals surface area contributed by atoms with Crippen LogP contribution in [0.5, 0.6) is 0 Å². The number of nitrogens with one attached hydrogen (secondary N) is 1. The maximum Gasteiger partial charge on any atom is 0.346 e. The number of aliphatic hydroxyl groups excluding tert-OH is 1. The molecule has 2 rings (SSSR count). The van der Waals surface area contributed by atoms with Gasteiger partial charge in [0.1, 0.15) is 10.7 Å². The predicted molar refractivity (Wildman–Crippen MR) is 76.7 cm³/mol. The average molecular weight is 297 g/mol. The van der Waals surface area contributed by atoms with Crippen molar-refractivity contribution in [2.45, 2.75) is 25.9 Å². The molecule has 1 unspecified atom stereocenters. The summed E-state index contributed by atoms with van der Waals surface area (Å²) in [5, 5.41) is 21.8. The van der Waals surface area contributed by atoms with Crippen molar-refractivity contribution in [2.75, 3.05) is 6.61 Å². The summed E-state index contributed by atoms with van der Waals surface area (Å²) in [5.41, 5.74) is 0.447. The summed E-state index contributed by atoms with van der Waals surface area (Å²) in [5.74, 6) is -1.47. The molecule has 0 aliphatic heterocycles. The number of carbonyl (C=O) groups is 1. The molecule has 20 heavy (non-hydrogen) atoms. The second-order valence-corrected chi connectivity index (χ2v) is 5.55. The van der Waals surface area contributed by atoms with Crippen LogP contribution in [-0.2, 0) is 6.54 Å². The van der Waals surface area contributed by atoms with Gasteiger partial charge in [0.25, 0.3) is 0 Å². The van der Waals surface area contributed by atoms with Gasteiger partial charge in [-0.15, -0.1) is 11.3 Å². The number of halogens is 1. The van der Waals surface area contributed by atoms with E-state index in [1.165, 1.54) is 6.07 Å². The van der Waals surface area contributed by atoms with Crippen molar-refractivity contribution in [3.05, 3.63) is 34.5 Å². The Kier molecular flexibility index (Phi) is 4.69. The third-order valence-electron chi connectivity index (χ3n) is 3.24. The standard InChI is InChI=1S/C14H16FNO3S/c1-2-8(7-17)16-6-9-12-10(15)4-3-5-11(12)20-13(9)14(18)19/h3-5,8,16-17H,2,6-7H2,1H3,(H,18,19). The van der Waals surface area contributed by atoms with E-state index in [1.54, 1.807) is 12.1 Å².